The van der Waals surface area contributed by atoms with Gasteiger partial charge < -0.3 is 5.32 Å². The zero-order valence-electron chi connectivity index (χ0n) is 17.1. The van der Waals surface area contributed by atoms with Crippen molar-refractivity contribution in [2.45, 2.75) is 6.92 Å². The summed E-state index contributed by atoms with van der Waals surface area (Å²) in [5.41, 5.74) is -0.153. The van der Waals surface area contributed by atoms with Crippen LogP contribution < -0.4 is 10.9 Å². The lowest BCUT2D eigenvalue weighted by Crippen LogP contribution is -2.22. The average Bonchev–Trinajstić information content (AvgIpc) is 2.79. The molecule has 0 saturated carbocycles. The van der Waals surface area contributed by atoms with Crippen molar-refractivity contribution in [2.24, 2.45) is 0 Å². The molecule has 33 heavy (non-hydrogen) atoms. The van der Waals surface area contributed by atoms with Crippen molar-refractivity contribution < 1.29 is 14.6 Å². The van der Waals surface area contributed by atoms with Gasteiger partial charge in [-0.05, 0) is 43.3 Å². The van der Waals surface area contributed by atoms with Gasteiger partial charge in [-0.1, -0.05) is 12.1 Å². The van der Waals surface area contributed by atoms with E-state index in [1.807, 2.05) is 0 Å². The number of non-ortho nitro benzene ring substituents is 2. The number of aryl methyl sites for hydroxylation is 1. The van der Waals surface area contributed by atoms with Crippen LogP contribution in [0, 0.1) is 27.2 Å². The summed E-state index contributed by atoms with van der Waals surface area (Å²) in [6.45, 7) is 1.71. The number of carbonyl (C=O) groups is 1. The maximum atomic E-state index is 12.9. The van der Waals surface area contributed by atoms with Gasteiger partial charge in [0.1, 0.15) is 5.82 Å². The van der Waals surface area contributed by atoms with Gasteiger partial charge in [-0.2, -0.15) is 0 Å². The number of nitrogens with one attached hydrogen (secondary N) is 1. The second-order valence-electron chi connectivity index (χ2n) is 7.07. The number of hydrogen-bond acceptors (Lipinski definition) is 7. The second-order valence-corrected chi connectivity index (χ2v) is 7.07. The fraction of sp³-hybridized carbons (Fsp3) is 0.0455. The Bertz CT molecular complexity index is 1460. The molecule has 0 radical (unpaired) electrons. The predicted octanol–water partition coefficient (Wildman–Crippen LogP) is 3.76. The maximum absolute atomic E-state index is 12.9. The first-order valence-corrected chi connectivity index (χ1v) is 9.58. The number of carbonyl (C=O) groups excluding carboxylic acids is 1. The van der Waals surface area contributed by atoms with Gasteiger partial charge in [0, 0.05) is 17.8 Å². The normalized spacial score (nSPS) is 10.7. The molecule has 0 aliphatic heterocycles. The van der Waals surface area contributed by atoms with E-state index in [2.05, 4.69) is 10.3 Å². The fourth-order valence-corrected chi connectivity index (χ4v) is 3.38. The summed E-state index contributed by atoms with van der Waals surface area (Å²) in [4.78, 5) is 50.4. The zero-order valence-corrected chi connectivity index (χ0v) is 17.1. The number of anilines is 1. The van der Waals surface area contributed by atoms with Crippen LogP contribution in [0.2, 0.25) is 0 Å². The topological polar surface area (TPSA) is 150 Å². The van der Waals surface area contributed by atoms with E-state index >= 15 is 0 Å². The molecule has 11 heteroatoms. The first-order valence-electron chi connectivity index (χ1n) is 9.58. The first kappa shape index (κ1) is 21.3. The number of benzene rings is 3. The standard InChI is InChI=1S/C22H15N5O6/c1-13-23-20-5-3-2-4-19(20)22(29)25(13)16-8-6-15(7-9-16)24-21(28)14-10-17(26(30)31)12-18(11-14)27(32)33/h2-12H,1H3,(H,24,28). The Morgan fingerprint density at radius 3 is 2.15 bits per heavy atom. The van der Waals surface area contributed by atoms with Crippen LogP contribution in [0.3, 0.4) is 0 Å². The molecule has 0 unspecified atom stereocenters. The number of nitrogens with zero attached hydrogens (tertiary/aromatic N) is 4. The third kappa shape index (κ3) is 4.14. The van der Waals surface area contributed by atoms with E-state index in [1.165, 1.54) is 4.57 Å². The van der Waals surface area contributed by atoms with Crippen molar-refractivity contribution in [1.29, 1.82) is 0 Å². The molecule has 1 heterocycles. The van der Waals surface area contributed by atoms with Crippen molar-refractivity contribution in [3.63, 3.8) is 0 Å². The lowest BCUT2D eigenvalue weighted by Gasteiger charge is -2.12. The Morgan fingerprint density at radius 1 is 0.939 bits per heavy atom. The van der Waals surface area contributed by atoms with Gasteiger partial charge in [0.25, 0.3) is 22.8 Å². The Balaban J connectivity index is 1.64. The van der Waals surface area contributed by atoms with Crippen LogP contribution in [-0.2, 0) is 0 Å². The van der Waals surface area contributed by atoms with Gasteiger partial charge in [0.15, 0.2) is 0 Å². The molecule has 0 atom stereocenters. The summed E-state index contributed by atoms with van der Waals surface area (Å²) < 4.78 is 1.44. The van der Waals surface area contributed by atoms with E-state index in [1.54, 1.807) is 55.5 Å². The third-order valence-electron chi connectivity index (χ3n) is 4.91. The van der Waals surface area contributed by atoms with Crippen LogP contribution in [0.1, 0.15) is 16.2 Å². The van der Waals surface area contributed by atoms with Crippen molar-refractivity contribution in [3.8, 4) is 5.69 Å². The maximum Gasteiger partial charge on any atom is 0.277 e. The Labute approximate surface area is 185 Å². The van der Waals surface area contributed by atoms with E-state index in [9.17, 15) is 29.8 Å². The van der Waals surface area contributed by atoms with E-state index < -0.39 is 27.1 Å². The largest absolute Gasteiger partial charge is 0.322 e. The molecular weight excluding hydrogens is 430 g/mol. The van der Waals surface area contributed by atoms with Crippen molar-refractivity contribution in [3.05, 3.63) is 109 Å². The zero-order chi connectivity index (χ0) is 23.7. The van der Waals surface area contributed by atoms with Gasteiger partial charge in [0.2, 0.25) is 0 Å². The van der Waals surface area contributed by atoms with Gasteiger partial charge in [-0.25, -0.2) is 4.98 Å². The SMILES string of the molecule is Cc1nc2ccccc2c(=O)n1-c1ccc(NC(=O)c2cc([N+](=O)[O-])cc([N+](=O)[O-])c2)cc1. The first-order chi connectivity index (χ1) is 15.7. The predicted molar refractivity (Wildman–Crippen MR) is 120 cm³/mol. The van der Waals surface area contributed by atoms with Crippen molar-refractivity contribution in [2.75, 3.05) is 5.32 Å². The highest BCUT2D eigenvalue weighted by molar-refractivity contribution is 6.05. The number of para-hydroxylation sites is 1. The van der Waals surface area contributed by atoms with Gasteiger partial charge in [-0.3, -0.25) is 34.4 Å². The minimum atomic E-state index is -0.809. The van der Waals surface area contributed by atoms with Crippen LogP contribution in [-0.4, -0.2) is 25.3 Å². The van der Waals surface area contributed by atoms with Crippen LogP contribution in [0.15, 0.2) is 71.5 Å². The summed E-state index contributed by atoms with van der Waals surface area (Å²) >= 11 is 0. The highest BCUT2D eigenvalue weighted by Crippen LogP contribution is 2.24. The molecule has 4 aromatic rings. The van der Waals surface area contributed by atoms with Gasteiger partial charge >= 0.3 is 0 Å². The molecule has 1 N–H and O–H groups in total. The van der Waals surface area contributed by atoms with Gasteiger partial charge in [0.05, 0.1) is 38.1 Å². The molecule has 0 aliphatic rings. The number of aromatic nitrogens is 2. The second kappa shape index (κ2) is 8.30. The van der Waals surface area contributed by atoms with E-state index in [4.69, 9.17) is 0 Å². The smallest absolute Gasteiger partial charge is 0.277 e. The van der Waals surface area contributed by atoms with Crippen LogP contribution in [0.25, 0.3) is 16.6 Å². The number of nitro groups is 2. The van der Waals surface area contributed by atoms with Gasteiger partial charge in [-0.15, -0.1) is 0 Å². The Kier molecular flexibility index (Phi) is 5.36. The highest BCUT2D eigenvalue weighted by atomic mass is 16.6. The molecule has 3 aromatic carbocycles. The molecule has 0 fully saturated rings. The molecule has 0 bridgehead atoms. The van der Waals surface area contributed by atoms with Crippen LogP contribution >= 0.6 is 0 Å². The molecule has 0 aliphatic carbocycles. The highest BCUT2D eigenvalue weighted by Gasteiger charge is 2.20. The molecule has 1 aromatic heterocycles. The number of nitro benzene ring substituents is 2. The number of hydrogen-bond donors (Lipinski definition) is 1. The number of amides is 1. The molecular formula is C22H15N5O6. The Morgan fingerprint density at radius 2 is 1.55 bits per heavy atom. The molecule has 1 amide bonds. The Hall–Kier alpha value is -4.93. The third-order valence-corrected chi connectivity index (χ3v) is 4.91. The lowest BCUT2D eigenvalue weighted by atomic mass is 10.1. The van der Waals surface area contributed by atoms with Crippen LogP contribution in [0.5, 0.6) is 0 Å². The summed E-state index contributed by atoms with van der Waals surface area (Å²) in [6, 6.07) is 16.0. The summed E-state index contributed by atoms with van der Waals surface area (Å²) in [5.74, 6) is -0.269. The molecule has 0 saturated heterocycles. The molecule has 11 nitrogen and oxygen atoms in total. The van der Waals surface area contributed by atoms with Crippen LogP contribution in [0.4, 0.5) is 17.1 Å². The van der Waals surface area contributed by atoms with E-state index in [0.29, 0.717) is 28.1 Å². The lowest BCUT2D eigenvalue weighted by molar-refractivity contribution is -0.394. The minimum Gasteiger partial charge on any atom is -0.322 e. The molecule has 164 valence electrons. The molecule has 4 rings (SSSR count). The minimum absolute atomic E-state index is 0.231. The number of rotatable bonds is 5. The molecule has 0 spiro atoms. The average molecular weight is 445 g/mol. The van der Waals surface area contributed by atoms with E-state index in [-0.39, 0.29) is 11.1 Å². The quantitative estimate of drug-likeness (QED) is 0.363. The van der Waals surface area contributed by atoms with E-state index in [0.717, 1.165) is 18.2 Å². The summed E-state index contributed by atoms with van der Waals surface area (Å²) in [5, 5.41) is 25.1. The van der Waals surface area contributed by atoms with Crippen molar-refractivity contribution in [1.82, 2.24) is 9.55 Å². The summed E-state index contributed by atoms with van der Waals surface area (Å²) in [7, 11) is 0. The van der Waals surface area contributed by atoms with Crippen molar-refractivity contribution >= 4 is 33.9 Å². The fourth-order valence-electron chi connectivity index (χ4n) is 3.38. The summed E-state index contributed by atoms with van der Waals surface area (Å²) in [6.07, 6.45) is 0. The number of fused-ring (bicyclic) bond motifs is 1. The monoisotopic (exact) mass is 445 g/mol.